The fourth-order valence-corrected chi connectivity index (χ4v) is 4.41. The SMILES string of the molecule is O=C1CC2(CCN(c3ccc(C(=O)C4CC4)c(Br)c3)CC2)C1. The number of carbonyl (C=O) groups is 2. The average molecular weight is 362 g/mol. The number of anilines is 1. The third-order valence-corrected chi connectivity index (χ3v) is 6.16. The highest BCUT2D eigenvalue weighted by Gasteiger charge is 2.45. The van der Waals surface area contributed by atoms with Gasteiger partial charge in [0.15, 0.2) is 5.78 Å². The summed E-state index contributed by atoms with van der Waals surface area (Å²) in [6.45, 7) is 2.02. The molecule has 1 aliphatic heterocycles. The molecule has 0 amide bonds. The Morgan fingerprint density at radius 2 is 1.86 bits per heavy atom. The van der Waals surface area contributed by atoms with Gasteiger partial charge in [0.1, 0.15) is 5.78 Å². The molecule has 1 saturated heterocycles. The first kappa shape index (κ1) is 14.4. The maximum Gasteiger partial charge on any atom is 0.167 e. The molecule has 1 spiro atoms. The third kappa shape index (κ3) is 2.51. The number of benzene rings is 1. The van der Waals surface area contributed by atoms with E-state index in [1.54, 1.807) is 0 Å². The summed E-state index contributed by atoms with van der Waals surface area (Å²) < 4.78 is 0.918. The number of ketones is 2. The Morgan fingerprint density at radius 1 is 1.18 bits per heavy atom. The maximum atomic E-state index is 12.2. The van der Waals surface area contributed by atoms with E-state index in [4.69, 9.17) is 0 Å². The molecule has 116 valence electrons. The standard InChI is InChI=1S/C18H20BrNO2/c19-16-9-13(3-4-15(16)17(22)12-1-2-12)20-7-5-18(6-8-20)10-14(21)11-18/h3-4,9,12H,1-2,5-8,10-11H2. The van der Waals surface area contributed by atoms with E-state index in [9.17, 15) is 9.59 Å². The van der Waals surface area contributed by atoms with Gasteiger partial charge in [0.05, 0.1) is 0 Å². The lowest BCUT2D eigenvalue weighted by molar-refractivity contribution is -0.133. The Balaban J connectivity index is 1.46. The zero-order valence-electron chi connectivity index (χ0n) is 12.6. The van der Waals surface area contributed by atoms with Crippen LogP contribution in [-0.4, -0.2) is 24.7 Å². The van der Waals surface area contributed by atoms with Gasteiger partial charge in [-0.25, -0.2) is 0 Å². The molecule has 3 nitrogen and oxygen atoms in total. The quantitative estimate of drug-likeness (QED) is 0.763. The molecular formula is C18H20BrNO2. The van der Waals surface area contributed by atoms with Gasteiger partial charge in [-0.05, 0) is 65.2 Å². The van der Waals surface area contributed by atoms with Crippen molar-refractivity contribution in [2.45, 2.75) is 38.5 Å². The summed E-state index contributed by atoms with van der Waals surface area (Å²) in [6, 6.07) is 6.13. The van der Waals surface area contributed by atoms with Crippen LogP contribution in [0.1, 0.15) is 48.9 Å². The Hall–Kier alpha value is -1.16. The fraction of sp³-hybridized carbons (Fsp3) is 0.556. The predicted octanol–water partition coefficient (Wildman–Crippen LogP) is 3.99. The topological polar surface area (TPSA) is 37.4 Å². The number of nitrogens with zero attached hydrogens (tertiary/aromatic N) is 1. The second-order valence-electron chi connectivity index (χ2n) is 7.18. The van der Waals surface area contributed by atoms with Crippen LogP contribution >= 0.6 is 15.9 Å². The van der Waals surface area contributed by atoms with Crippen LogP contribution in [0.4, 0.5) is 5.69 Å². The fourth-order valence-electron chi connectivity index (χ4n) is 3.84. The Labute approximate surface area is 139 Å². The van der Waals surface area contributed by atoms with Gasteiger partial charge < -0.3 is 4.90 Å². The van der Waals surface area contributed by atoms with E-state index in [-0.39, 0.29) is 11.7 Å². The summed E-state index contributed by atoms with van der Waals surface area (Å²) >= 11 is 3.57. The maximum absolute atomic E-state index is 12.2. The normalized spacial score (nSPS) is 23.5. The summed E-state index contributed by atoms with van der Waals surface area (Å²) in [5.41, 5.74) is 2.32. The summed E-state index contributed by atoms with van der Waals surface area (Å²) in [5, 5.41) is 0. The Bertz CT molecular complexity index is 632. The summed E-state index contributed by atoms with van der Waals surface area (Å²) in [4.78, 5) is 25.9. The molecule has 1 heterocycles. The Kier molecular flexibility index (Phi) is 3.40. The van der Waals surface area contributed by atoms with Crippen molar-refractivity contribution < 1.29 is 9.59 Å². The van der Waals surface area contributed by atoms with Crippen LogP contribution in [0.5, 0.6) is 0 Å². The molecule has 1 aromatic rings. The van der Waals surface area contributed by atoms with Gasteiger partial charge in [-0.3, -0.25) is 9.59 Å². The molecule has 1 aromatic carbocycles. The first-order valence-corrected chi connectivity index (χ1v) is 8.96. The largest absolute Gasteiger partial charge is 0.371 e. The minimum Gasteiger partial charge on any atom is -0.371 e. The van der Waals surface area contributed by atoms with Crippen LogP contribution in [0.25, 0.3) is 0 Å². The van der Waals surface area contributed by atoms with Crippen LogP contribution in [0, 0.1) is 11.3 Å². The number of rotatable bonds is 3. The van der Waals surface area contributed by atoms with E-state index in [1.807, 2.05) is 6.07 Å². The van der Waals surface area contributed by atoms with Crippen LogP contribution < -0.4 is 4.90 Å². The van der Waals surface area contributed by atoms with Gasteiger partial charge in [0.25, 0.3) is 0 Å². The molecule has 0 bridgehead atoms. The molecule has 3 aliphatic rings. The van der Waals surface area contributed by atoms with Crippen molar-refractivity contribution in [3.8, 4) is 0 Å². The van der Waals surface area contributed by atoms with Crippen molar-refractivity contribution in [2.75, 3.05) is 18.0 Å². The number of piperidine rings is 1. The van der Waals surface area contributed by atoms with Crippen molar-refractivity contribution in [1.29, 1.82) is 0 Å². The molecular weight excluding hydrogens is 342 g/mol. The van der Waals surface area contributed by atoms with Gasteiger partial charge >= 0.3 is 0 Å². The van der Waals surface area contributed by atoms with Crippen molar-refractivity contribution in [2.24, 2.45) is 11.3 Å². The first-order chi connectivity index (χ1) is 10.6. The van der Waals surface area contributed by atoms with Gasteiger partial charge in [-0.2, -0.15) is 0 Å². The van der Waals surface area contributed by atoms with Crippen LogP contribution in [0.2, 0.25) is 0 Å². The molecule has 3 fully saturated rings. The zero-order valence-corrected chi connectivity index (χ0v) is 14.2. The smallest absolute Gasteiger partial charge is 0.167 e. The number of carbonyl (C=O) groups excluding carboxylic acids is 2. The van der Waals surface area contributed by atoms with Crippen molar-refractivity contribution in [3.63, 3.8) is 0 Å². The van der Waals surface area contributed by atoms with Crippen molar-refractivity contribution >= 4 is 33.2 Å². The molecule has 4 rings (SSSR count). The Morgan fingerprint density at radius 3 is 2.41 bits per heavy atom. The number of hydrogen-bond donors (Lipinski definition) is 0. The lowest BCUT2D eigenvalue weighted by atomic mass is 9.62. The van der Waals surface area contributed by atoms with Crippen LogP contribution in [0.3, 0.4) is 0 Å². The zero-order chi connectivity index (χ0) is 15.3. The molecule has 0 unspecified atom stereocenters. The summed E-state index contributed by atoms with van der Waals surface area (Å²) in [6.07, 6.45) is 5.89. The average Bonchev–Trinajstić information content (AvgIpc) is 3.30. The van der Waals surface area contributed by atoms with Crippen molar-refractivity contribution in [3.05, 3.63) is 28.2 Å². The van der Waals surface area contributed by atoms with Gasteiger partial charge in [-0.1, -0.05) is 0 Å². The summed E-state index contributed by atoms with van der Waals surface area (Å²) in [5.74, 6) is 0.969. The molecule has 2 saturated carbocycles. The van der Waals surface area contributed by atoms with Gasteiger partial charge in [0, 0.05) is 47.6 Å². The monoisotopic (exact) mass is 361 g/mol. The van der Waals surface area contributed by atoms with E-state index < -0.39 is 0 Å². The third-order valence-electron chi connectivity index (χ3n) is 5.50. The number of Topliss-reactive ketones (excluding diaryl/α,β-unsaturated/α-hetero) is 2. The van der Waals surface area contributed by atoms with Gasteiger partial charge in [0.2, 0.25) is 0 Å². The minimum absolute atomic E-state index is 0.258. The van der Waals surface area contributed by atoms with E-state index in [2.05, 4.69) is 33.0 Å². The molecule has 0 radical (unpaired) electrons. The highest BCUT2D eigenvalue weighted by atomic mass is 79.9. The minimum atomic E-state index is 0.258. The molecule has 2 aliphatic carbocycles. The second kappa shape index (κ2) is 5.19. The highest BCUT2D eigenvalue weighted by Crippen LogP contribution is 2.47. The molecule has 22 heavy (non-hydrogen) atoms. The molecule has 4 heteroatoms. The van der Waals surface area contributed by atoms with Crippen molar-refractivity contribution in [1.82, 2.24) is 0 Å². The lowest BCUT2D eigenvalue weighted by Gasteiger charge is -2.47. The summed E-state index contributed by atoms with van der Waals surface area (Å²) in [7, 11) is 0. The van der Waals surface area contributed by atoms with Gasteiger partial charge in [-0.15, -0.1) is 0 Å². The number of halogens is 1. The lowest BCUT2D eigenvalue weighted by Crippen LogP contribution is -2.47. The first-order valence-electron chi connectivity index (χ1n) is 8.17. The molecule has 0 aromatic heterocycles. The number of hydrogen-bond acceptors (Lipinski definition) is 3. The van der Waals surface area contributed by atoms with Crippen LogP contribution in [0.15, 0.2) is 22.7 Å². The van der Waals surface area contributed by atoms with E-state index in [0.717, 1.165) is 61.7 Å². The predicted molar refractivity (Wildman–Crippen MR) is 89.3 cm³/mol. The van der Waals surface area contributed by atoms with E-state index in [1.165, 1.54) is 5.69 Å². The second-order valence-corrected chi connectivity index (χ2v) is 8.04. The van der Waals surface area contributed by atoms with E-state index in [0.29, 0.717) is 11.2 Å². The van der Waals surface area contributed by atoms with E-state index >= 15 is 0 Å². The molecule has 0 N–H and O–H groups in total. The highest BCUT2D eigenvalue weighted by molar-refractivity contribution is 9.10. The van der Waals surface area contributed by atoms with Crippen LogP contribution in [-0.2, 0) is 4.79 Å². The molecule has 0 atom stereocenters.